The largest absolute Gasteiger partial charge is 0.469 e. The summed E-state index contributed by atoms with van der Waals surface area (Å²) in [4.78, 5) is 15.1. The van der Waals surface area contributed by atoms with Crippen molar-refractivity contribution in [2.24, 2.45) is 0 Å². The first-order valence-electron chi connectivity index (χ1n) is 4.46. The number of aromatic nitrogens is 1. The van der Waals surface area contributed by atoms with Crippen LogP contribution in [-0.2, 0) is 16.0 Å². The van der Waals surface area contributed by atoms with E-state index in [4.69, 9.17) is 0 Å². The van der Waals surface area contributed by atoms with E-state index in [1.807, 2.05) is 0 Å². The highest BCUT2D eigenvalue weighted by Gasteiger charge is 2.21. The van der Waals surface area contributed by atoms with Crippen LogP contribution in [0.15, 0.2) is 6.20 Å². The summed E-state index contributed by atoms with van der Waals surface area (Å²) in [6.45, 7) is 1.60. The fourth-order valence-corrected chi connectivity index (χ4v) is 2.02. The molecule has 16 heavy (non-hydrogen) atoms. The van der Waals surface area contributed by atoms with E-state index in [9.17, 15) is 13.6 Å². The number of aryl methyl sites for hydroxylation is 1. The number of ether oxygens (including phenoxy) is 1. The van der Waals surface area contributed by atoms with Crippen LogP contribution in [0.25, 0.3) is 0 Å². The molecule has 3 nitrogen and oxygen atoms in total. The van der Waals surface area contributed by atoms with Crippen LogP contribution >= 0.6 is 22.6 Å². The van der Waals surface area contributed by atoms with E-state index in [0.29, 0.717) is 9.26 Å². The normalized spacial score (nSPS) is 10.6. The van der Waals surface area contributed by atoms with Gasteiger partial charge in [0.2, 0.25) is 0 Å². The summed E-state index contributed by atoms with van der Waals surface area (Å²) in [6, 6.07) is 0. The minimum Gasteiger partial charge on any atom is -0.469 e. The lowest BCUT2D eigenvalue weighted by Gasteiger charge is -2.12. The van der Waals surface area contributed by atoms with Crippen molar-refractivity contribution in [3.8, 4) is 0 Å². The second-order valence-corrected chi connectivity index (χ2v) is 4.30. The van der Waals surface area contributed by atoms with Gasteiger partial charge in [-0.2, -0.15) is 0 Å². The van der Waals surface area contributed by atoms with Crippen LogP contribution in [0.5, 0.6) is 0 Å². The summed E-state index contributed by atoms with van der Waals surface area (Å²) in [5.74, 6) is -0.547. The second kappa shape index (κ2) is 5.51. The molecule has 0 saturated heterocycles. The molecule has 0 unspecified atom stereocenters. The molecule has 0 saturated carbocycles. The number of carbonyl (C=O) groups is 1. The van der Waals surface area contributed by atoms with Gasteiger partial charge in [0.05, 0.1) is 13.5 Å². The van der Waals surface area contributed by atoms with Crippen molar-refractivity contribution in [3.63, 3.8) is 0 Å². The molecule has 0 fully saturated rings. The van der Waals surface area contributed by atoms with E-state index >= 15 is 0 Å². The molecule has 0 N–H and O–H groups in total. The van der Waals surface area contributed by atoms with E-state index in [-0.39, 0.29) is 17.5 Å². The Morgan fingerprint density at radius 3 is 2.75 bits per heavy atom. The van der Waals surface area contributed by atoms with Crippen molar-refractivity contribution < 1.29 is 18.3 Å². The van der Waals surface area contributed by atoms with Crippen LogP contribution in [0.2, 0.25) is 0 Å². The van der Waals surface area contributed by atoms with Gasteiger partial charge in [0.15, 0.2) is 0 Å². The van der Waals surface area contributed by atoms with Gasteiger partial charge in [-0.15, -0.1) is 0 Å². The molecule has 0 atom stereocenters. The first-order chi connectivity index (χ1) is 7.47. The Labute approximate surface area is 105 Å². The van der Waals surface area contributed by atoms with Gasteiger partial charge in [0.1, 0.15) is 0 Å². The standard InChI is InChI=1S/C10H10F2INO2/c1-5-6(3-8(15)16-2)9(10(11)12)7(13)4-14-5/h4,10H,3H2,1-2H3. The number of pyridine rings is 1. The van der Waals surface area contributed by atoms with Gasteiger partial charge in [-0.25, -0.2) is 8.78 Å². The smallest absolute Gasteiger partial charge is 0.310 e. The molecule has 0 aliphatic rings. The Morgan fingerprint density at radius 2 is 2.25 bits per heavy atom. The summed E-state index contributed by atoms with van der Waals surface area (Å²) >= 11 is 1.78. The van der Waals surface area contributed by atoms with E-state index < -0.39 is 12.4 Å². The van der Waals surface area contributed by atoms with Gasteiger partial charge >= 0.3 is 5.97 Å². The third kappa shape index (κ3) is 2.87. The lowest BCUT2D eigenvalue weighted by molar-refractivity contribution is -0.139. The molecule has 0 aliphatic heterocycles. The van der Waals surface area contributed by atoms with Gasteiger partial charge in [-0.1, -0.05) is 0 Å². The molecule has 1 heterocycles. The molecule has 6 heteroatoms. The quantitative estimate of drug-likeness (QED) is 0.627. The number of hydrogen-bond donors (Lipinski definition) is 0. The molecule has 0 radical (unpaired) electrons. The van der Waals surface area contributed by atoms with E-state index in [1.165, 1.54) is 13.3 Å². The monoisotopic (exact) mass is 341 g/mol. The topological polar surface area (TPSA) is 39.2 Å². The molecule has 1 rings (SSSR count). The van der Waals surface area contributed by atoms with E-state index in [1.54, 1.807) is 29.5 Å². The predicted molar refractivity (Wildman–Crippen MR) is 62.4 cm³/mol. The van der Waals surface area contributed by atoms with Gasteiger partial charge in [0.25, 0.3) is 6.43 Å². The van der Waals surface area contributed by atoms with Crippen molar-refractivity contribution in [3.05, 3.63) is 26.6 Å². The van der Waals surface area contributed by atoms with Crippen molar-refractivity contribution in [1.82, 2.24) is 4.98 Å². The Bertz CT molecular complexity index is 410. The zero-order chi connectivity index (χ0) is 12.3. The number of hydrogen-bond acceptors (Lipinski definition) is 3. The van der Waals surface area contributed by atoms with Gasteiger partial charge in [-0.3, -0.25) is 9.78 Å². The van der Waals surface area contributed by atoms with Gasteiger partial charge < -0.3 is 4.74 Å². The number of esters is 1. The zero-order valence-corrected chi connectivity index (χ0v) is 10.9. The van der Waals surface area contributed by atoms with Crippen molar-refractivity contribution >= 4 is 28.6 Å². The van der Waals surface area contributed by atoms with Crippen molar-refractivity contribution in [2.45, 2.75) is 19.8 Å². The summed E-state index contributed by atoms with van der Waals surface area (Å²) in [6.07, 6.45) is -1.42. The molecule has 0 aromatic carbocycles. The Kier molecular flexibility index (Phi) is 4.57. The lowest BCUT2D eigenvalue weighted by Crippen LogP contribution is -2.11. The fraction of sp³-hybridized carbons (Fsp3) is 0.400. The lowest BCUT2D eigenvalue weighted by atomic mass is 10.0. The molecule has 0 aliphatic carbocycles. The molecule has 0 spiro atoms. The SMILES string of the molecule is COC(=O)Cc1c(C)ncc(I)c1C(F)F. The number of rotatable bonds is 3. The van der Waals surface area contributed by atoms with Crippen LogP contribution < -0.4 is 0 Å². The number of nitrogens with zero attached hydrogens (tertiary/aromatic N) is 1. The van der Waals surface area contributed by atoms with Gasteiger partial charge in [-0.05, 0) is 35.1 Å². The van der Waals surface area contributed by atoms with Crippen LogP contribution in [0.1, 0.15) is 23.2 Å². The van der Waals surface area contributed by atoms with Crippen molar-refractivity contribution in [2.75, 3.05) is 7.11 Å². The molecule has 0 amide bonds. The molecule has 1 aromatic rings. The molecular weight excluding hydrogens is 331 g/mol. The predicted octanol–water partition coefficient (Wildman–Crippen LogP) is 2.65. The molecule has 0 bridgehead atoms. The average Bonchev–Trinajstić information content (AvgIpc) is 2.22. The van der Waals surface area contributed by atoms with Crippen LogP contribution in [0.4, 0.5) is 8.78 Å². The van der Waals surface area contributed by atoms with Crippen LogP contribution in [-0.4, -0.2) is 18.1 Å². The van der Waals surface area contributed by atoms with E-state index in [2.05, 4.69) is 9.72 Å². The van der Waals surface area contributed by atoms with Crippen LogP contribution in [0.3, 0.4) is 0 Å². The average molecular weight is 341 g/mol. The summed E-state index contributed by atoms with van der Waals surface area (Å²) in [5.41, 5.74) is 0.563. The number of carbonyl (C=O) groups excluding carboxylic acids is 1. The first-order valence-corrected chi connectivity index (χ1v) is 5.54. The Morgan fingerprint density at radius 1 is 1.62 bits per heavy atom. The Hall–Kier alpha value is -0.790. The molecule has 88 valence electrons. The first kappa shape index (κ1) is 13.3. The number of alkyl halides is 2. The number of halogens is 3. The summed E-state index contributed by atoms with van der Waals surface area (Å²) < 4.78 is 30.5. The zero-order valence-electron chi connectivity index (χ0n) is 8.76. The molecular formula is C10H10F2INO2. The maximum Gasteiger partial charge on any atom is 0.310 e. The van der Waals surface area contributed by atoms with Crippen LogP contribution in [0, 0.1) is 10.5 Å². The molecule has 1 aromatic heterocycles. The minimum absolute atomic E-state index is 0.126. The highest BCUT2D eigenvalue weighted by molar-refractivity contribution is 14.1. The maximum absolute atomic E-state index is 12.8. The Balaban J connectivity index is 3.23. The van der Waals surface area contributed by atoms with Crippen molar-refractivity contribution in [1.29, 1.82) is 0 Å². The van der Waals surface area contributed by atoms with Gasteiger partial charge in [0, 0.05) is 21.0 Å². The second-order valence-electron chi connectivity index (χ2n) is 3.14. The third-order valence-electron chi connectivity index (χ3n) is 2.16. The highest BCUT2D eigenvalue weighted by Crippen LogP contribution is 2.29. The third-order valence-corrected chi connectivity index (χ3v) is 3.02. The highest BCUT2D eigenvalue weighted by atomic mass is 127. The summed E-state index contributed by atoms with van der Waals surface area (Å²) in [5, 5.41) is 0. The number of methoxy groups -OCH3 is 1. The maximum atomic E-state index is 12.8. The minimum atomic E-state index is -2.62. The van der Waals surface area contributed by atoms with E-state index in [0.717, 1.165) is 0 Å². The fourth-order valence-electron chi connectivity index (χ4n) is 1.32. The summed E-state index contributed by atoms with van der Waals surface area (Å²) in [7, 11) is 1.22.